The number of anilines is 1. The zero-order valence-corrected chi connectivity index (χ0v) is 19.7. The summed E-state index contributed by atoms with van der Waals surface area (Å²) in [4.78, 5) is 22.9. The first-order chi connectivity index (χ1) is 16.2. The van der Waals surface area contributed by atoms with Crippen molar-refractivity contribution in [3.05, 3.63) is 60.2 Å². The standard InChI is InChI=1S/C26H29FN4O3/c1-25(2,3)34-24(32)31-13-11-26(12-14-31)15-20(17-7-4-5-10-21(17)33-26)30-23-22-18(27)8-6-9-19(22)28-16-29-23/h4-10,16,20H,11-15H2,1-3H3,(H,28,29,30). The highest BCUT2D eigenvalue weighted by Gasteiger charge is 2.44. The monoisotopic (exact) mass is 464 g/mol. The molecule has 0 aliphatic carbocycles. The molecular formula is C26H29FN4O3. The van der Waals surface area contributed by atoms with Crippen LogP contribution in [0.2, 0.25) is 0 Å². The predicted octanol–water partition coefficient (Wildman–Crippen LogP) is 5.47. The molecule has 1 aromatic heterocycles. The number of amides is 1. The second-order valence-corrected chi connectivity index (χ2v) is 10.0. The predicted molar refractivity (Wildman–Crippen MR) is 127 cm³/mol. The molecule has 1 atom stereocenters. The van der Waals surface area contributed by atoms with Gasteiger partial charge in [0.1, 0.15) is 34.9 Å². The molecule has 0 bridgehead atoms. The van der Waals surface area contributed by atoms with E-state index in [1.54, 1.807) is 17.0 Å². The fourth-order valence-corrected chi connectivity index (χ4v) is 4.82. The zero-order chi connectivity index (χ0) is 23.9. The highest BCUT2D eigenvalue weighted by Crippen LogP contribution is 2.45. The van der Waals surface area contributed by atoms with Crippen LogP contribution in [-0.2, 0) is 4.74 Å². The van der Waals surface area contributed by atoms with Crippen LogP contribution in [0.5, 0.6) is 5.75 Å². The van der Waals surface area contributed by atoms with Crippen LogP contribution in [-0.4, -0.2) is 45.3 Å². The third kappa shape index (κ3) is 4.36. The number of fused-ring (bicyclic) bond motifs is 2. The Balaban J connectivity index is 1.40. The molecule has 0 radical (unpaired) electrons. The second kappa shape index (κ2) is 8.42. The van der Waals surface area contributed by atoms with Crippen molar-refractivity contribution in [2.75, 3.05) is 18.4 Å². The summed E-state index contributed by atoms with van der Waals surface area (Å²) in [5.41, 5.74) is 0.590. The Labute approximate surface area is 198 Å². The van der Waals surface area contributed by atoms with Crippen LogP contribution in [0, 0.1) is 5.82 Å². The zero-order valence-electron chi connectivity index (χ0n) is 19.7. The molecule has 1 spiro atoms. The molecule has 3 aromatic rings. The van der Waals surface area contributed by atoms with Crippen LogP contribution in [0.3, 0.4) is 0 Å². The van der Waals surface area contributed by atoms with Gasteiger partial charge in [-0.05, 0) is 39.0 Å². The number of likely N-dealkylation sites (tertiary alicyclic amines) is 1. The summed E-state index contributed by atoms with van der Waals surface area (Å²) < 4.78 is 26.8. The number of carbonyl (C=O) groups excluding carboxylic acids is 1. The maximum Gasteiger partial charge on any atom is 0.410 e. The molecule has 3 heterocycles. The summed E-state index contributed by atoms with van der Waals surface area (Å²) in [6, 6.07) is 12.6. The summed E-state index contributed by atoms with van der Waals surface area (Å²) in [5, 5.41) is 3.86. The van der Waals surface area contributed by atoms with Crippen LogP contribution in [0.4, 0.5) is 15.0 Å². The lowest BCUT2D eigenvalue weighted by molar-refractivity contribution is -0.0308. The number of aromatic nitrogens is 2. The molecule has 0 saturated carbocycles. The van der Waals surface area contributed by atoms with E-state index < -0.39 is 11.2 Å². The summed E-state index contributed by atoms with van der Waals surface area (Å²) >= 11 is 0. The maximum absolute atomic E-state index is 14.7. The Morgan fingerprint density at radius 3 is 2.68 bits per heavy atom. The van der Waals surface area contributed by atoms with Crippen LogP contribution >= 0.6 is 0 Å². The van der Waals surface area contributed by atoms with Gasteiger partial charge in [0.15, 0.2) is 0 Å². The van der Waals surface area contributed by atoms with Gasteiger partial charge in [-0.2, -0.15) is 0 Å². The number of hydrogen-bond acceptors (Lipinski definition) is 6. The van der Waals surface area contributed by atoms with Crippen molar-refractivity contribution in [3.63, 3.8) is 0 Å². The van der Waals surface area contributed by atoms with Gasteiger partial charge in [-0.3, -0.25) is 0 Å². The molecule has 1 fully saturated rings. The molecule has 178 valence electrons. The van der Waals surface area contributed by atoms with Crippen molar-refractivity contribution in [2.45, 2.75) is 57.3 Å². The molecule has 2 aromatic carbocycles. The number of benzene rings is 2. The van der Waals surface area contributed by atoms with E-state index in [4.69, 9.17) is 9.47 Å². The van der Waals surface area contributed by atoms with Crippen LogP contribution < -0.4 is 10.1 Å². The lowest BCUT2D eigenvalue weighted by atomic mass is 9.80. The van der Waals surface area contributed by atoms with E-state index >= 15 is 0 Å². The fourth-order valence-electron chi connectivity index (χ4n) is 4.82. The van der Waals surface area contributed by atoms with Gasteiger partial charge in [0.2, 0.25) is 0 Å². The number of piperidine rings is 1. The molecule has 1 unspecified atom stereocenters. The minimum atomic E-state index is -0.531. The van der Waals surface area contributed by atoms with Gasteiger partial charge in [-0.15, -0.1) is 0 Å². The smallest absolute Gasteiger partial charge is 0.410 e. The molecule has 8 heteroatoms. The fraction of sp³-hybridized carbons (Fsp3) is 0.423. The average molecular weight is 465 g/mol. The summed E-state index contributed by atoms with van der Waals surface area (Å²) in [6.07, 6.45) is 3.18. The summed E-state index contributed by atoms with van der Waals surface area (Å²) in [5.74, 6) is 0.906. The van der Waals surface area contributed by atoms with Crippen molar-refractivity contribution < 1.29 is 18.7 Å². The molecule has 2 aliphatic rings. The maximum atomic E-state index is 14.7. The topological polar surface area (TPSA) is 76.6 Å². The Hall–Kier alpha value is -3.42. The number of nitrogens with zero attached hydrogens (tertiary/aromatic N) is 3. The van der Waals surface area contributed by atoms with E-state index in [-0.39, 0.29) is 18.0 Å². The molecule has 1 amide bonds. The number of para-hydroxylation sites is 1. The largest absolute Gasteiger partial charge is 0.487 e. The van der Waals surface area contributed by atoms with Crippen LogP contribution in [0.25, 0.3) is 10.9 Å². The number of ether oxygens (including phenoxy) is 2. The molecular weight excluding hydrogens is 435 g/mol. The number of nitrogens with one attached hydrogen (secondary N) is 1. The number of rotatable bonds is 2. The first-order valence-corrected chi connectivity index (χ1v) is 11.6. The molecule has 7 nitrogen and oxygen atoms in total. The minimum absolute atomic E-state index is 0.129. The highest BCUT2D eigenvalue weighted by atomic mass is 19.1. The molecule has 5 rings (SSSR count). The quantitative estimate of drug-likeness (QED) is 0.542. The number of hydrogen-bond donors (Lipinski definition) is 1. The van der Waals surface area contributed by atoms with E-state index in [0.29, 0.717) is 49.1 Å². The summed E-state index contributed by atoms with van der Waals surface area (Å²) in [6.45, 7) is 6.71. The van der Waals surface area contributed by atoms with E-state index in [0.717, 1.165) is 11.3 Å². The van der Waals surface area contributed by atoms with E-state index in [1.807, 2.05) is 45.0 Å². The third-order valence-corrected chi connectivity index (χ3v) is 6.45. The van der Waals surface area contributed by atoms with Crippen molar-refractivity contribution in [2.24, 2.45) is 0 Å². The molecule has 1 N–H and O–H groups in total. The molecule has 2 aliphatic heterocycles. The number of carbonyl (C=O) groups is 1. The van der Waals surface area contributed by atoms with Gasteiger partial charge >= 0.3 is 6.09 Å². The lowest BCUT2D eigenvalue weighted by Crippen LogP contribution is -2.53. The van der Waals surface area contributed by atoms with Gasteiger partial charge < -0.3 is 19.7 Å². The first kappa shape index (κ1) is 22.4. The SMILES string of the molecule is CC(C)(C)OC(=O)N1CCC2(CC1)CC(Nc1ncnc3cccc(F)c13)c1ccccc1O2. The lowest BCUT2D eigenvalue weighted by Gasteiger charge is -2.47. The van der Waals surface area contributed by atoms with Crippen LogP contribution in [0.15, 0.2) is 48.8 Å². The Morgan fingerprint density at radius 2 is 1.91 bits per heavy atom. The third-order valence-electron chi connectivity index (χ3n) is 6.45. The normalized spacial score (nSPS) is 19.4. The van der Waals surface area contributed by atoms with Gasteiger partial charge in [0, 0.05) is 37.9 Å². The second-order valence-electron chi connectivity index (χ2n) is 10.0. The van der Waals surface area contributed by atoms with Gasteiger partial charge in [-0.25, -0.2) is 19.2 Å². The summed E-state index contributed by atoms with van der Waals surface area (Å²) in [7, 11) is 0. The van der Waals surface area contributed by atoms with E-state index in [9.17, 15) is 9.18 Å². The van der Waals surface area contributed by atoms with Crippen molar-refractivity contribution in [1.82, 2.24) is 14.9 Å². The molecule has 1 saturated heterocycles. The minimum Gasteiger partial charge on any atom is -0.487 e. The van der Waals surface area contributed by atoms with E-state index in [2.05, 4.69) is 15.3 Å². The van der Waals surface area contributed by atoms with Gasteiger partial charge in [-0.1, -0.05) is 24.3 Å². The Morgan fingerprint density at radius 1 is 1.15 bits per heavy atom. The average Bonchev–Trinajstić information content (AvgIpc) is 2.78. The van der Waals surface area contributed by atoms with Crippen molar-refractivity contribution >= 4 is 22.8 Å². The van der Waals surface area contributed by atoms with E-state index in [1.165, 1.54) is 12.4 Å². The molecule has 34 heavy (non-hydrogen) atoms. The number of halogens is 1. The van der Waals surface area contributed by atoms with Gasteiger partial charge in [0.05, 0.1) is 16.9 Å². The van der Waals surface area contributed by atoms with Crippen LogP contribution in [0.1, 0.15) is 51.6 Å². The Kier molecular flexibility index (Phi) is 5.54. The Bertz CT molecular complexity index is 1210. The van der Waals surface area contributed by atoms with Crippen molar-refractivity contribution in [3.8, 4) is 5.75 Å². The highest BCUT2D eigenvalue weighted by molar-refractivity contribution is 5.89. The first-order valence-electron chi connectivity index (χ1n) is 11.6. The van der Waals surface area contributed by atoms with Crippen molar-refractivity contribution in [1.29, 1.82) is 0 Å². The van der Waals surface area contributed by atoms with Gasteiger partial charge in [0.25, 0.3) is 0 Å².